The maximum atomic E-state index is 10.5. The minimum absolute atomic E-state index is 0.0592. The molecule has 2 heteroatoms. The van der Waals surface area contributed by atoms with Crippen LogP contribution in [-0.4, -0.2) is 21.9 Å². The average molecular weight is 306 g/mol. The van der Waals surface area contributed by atoms with E-state index in [1.807, 2.05) is 6.92 Å². The maximum Gasteiger partial charge on any atom is 0.0622 e. The minimum atomic E-state index is -0.427. The first-order valence-electron chi connectivity index (χ1n) is 9.67. The van der Waals surface area contributed by atoms with Gasteiger partial charge in [-0.05, 0) is 99.2 Å². The smallest absolute Gasteiger partial charge is 0.0622 e. The van der Waals surface area contributed by atoms with Crippen molar-refractivity contribution in [1.29, 1.82) is 0 Å². The van der Waals surface area contributed by atoms with Crippen LogP contribution in [0.1, 0.15) is 78.6 Å². The van der Waals surface area contributed by atoms with E-state index in [-0.39, 0.29) is 11.5 Å². The Labute approximate surface area is 135 Å². The molecule has 4 saturated carbocycles. The standard InChI is InChI=1S/C20H34O2/c1-18(22)10-11-19(2)13(12-18)4-5-14-15-6-7-17(21)20(15,3)9-8-16(14)19/h13-17,21-22H,4-12H2,1-3H3. The van der Waals surface area contributed by atoms with Crippen molar-refractivity contribution in [2.24, 2.45) is 34.5 Å². The third-order valence-electron chi connectivity index (χ3n) is 8.90. The number of rotatable bonds is 0. The lowest BCUT2D eigenvalue weighted by atomic mass is 9.44. The number of hydrogen-bond donors (Lipinski definition) is 2. The Bertz CT molecular complexity index is 459. The Hall–Kier alpha value is -0.0800. The molecule has 2 N–H and O–H groups in total. The van der Waals surface area contributed by atoms with Crippen LogP contribution in [0.5, 0.6) is 0 Å². The van der Waals surface area contributed by atoms with Crippen molar-refractivity contribution < 1.29 is 10.2 Å². The molecule has 0 saturated heterocycles. The molecule has 0 aromatic rings. The molecule has 2 nitrogen and oxygen atoms in total. The summed E-state index contributed by atoms with van der Waals surface area (Å²) in [6, 6.07) is 0. The van der Waals surface area contributed by atoms with Gasteiger partial charge < -0.3 is 10.2 Å². The second kappa shape index (κ2) is 4.72. The van der Waals surface area contributed by atoms with Crippen LogP contribution in [0.15, 0.2) is 0 Å². The number of aliphatic hydroxyl groups is 2. The normalized spacial score (nSPS) is 61.2. The van der Waals surface area contributed by atoms with Crippen molar-refractivity contribution in [1.82, 2.24) is 0 Å². The molecule has 0 heterocycles. The zero-order chi connectivity index (χ0) is 15.8. The highest BCUT2D eigenvalue weighted by atomic mass is 16.3. The van der Waals surface area contributed by atoms with Crippen LogP contribution in [0.3, 0.4) is 0 Å². The molecule has 0 bridgehead atoms. The van der Waals surface area contributed by atoms with Crippen LogP contribution < -0.4 is 0 Å². The highest BCUT2D eigenvalue weighted by molar-refractivity contribution is 5.10. The van der Waals surface area contributed by atoms with Crippen molar-refractivity contribution >= 4 is 0 Å². The highest BCUT2D eigenvalue weighted by Crippen LogP contribution is 2.66. The predicted octanol–water partition coefficient (Wildman–Crippen LogP) is 4.14. The van der Waals surface area contributed by atoms with E-state index >= 15 is 0 Å². The summed E-state index contributed by atoms with van der Waals surface area (Å²) in [5.74, 6) is 3.14. The van der Waals surface area contributed by atoms with Gasteiger partial charge in [0.05, 0.1) is 11.7 Å². The SMILES string of the molecule is CC1(O)CCC2(C)C(CCC3C4CCC(O)C4(C)CCC32)C1. The monoisotopic (exact) mass is 306 g/mol. The van der Waals surface area contributed by atoms with Gasteiger partial charge in [-0.2, -0.15) is 0 Å². The quantitative estimate of drug-likeness (QED) is 0.706. The van der Waals surface area contributed by atoms with E-state index in [1.165, 1.54) is 38.5 Å². The third-order valence-corrected chi connectivity index (χ3v) is 8.90. The van der Waals surface area contributed by atoms with E-state index in [0.717, 1.165) is 37.0 Å². The van der Waals surface area contributed by atoms with Crippen LogP contribution >= 0.6 is 0 Å². The molecule has 8 unspecified atom stereocenters. The third kappa shape index (κ3) is 1.99. The molecule has 0 aromatic carbocycles. The van der Waals surface area contributed by atoms with Crippen LogP contribution in [0, 0.1) is 34.5 Å². The van der Waals surface area contributed by atoms with Gasteiger partial charge in [0, 0.05) is 0 Å². The van der Waals surface area contributed by atoms with E-state index in [9.17, 15) is 10.2 Å². The van der Waals surface area contributed by atoms with Gasteiger partial charge in [-0.1, -0.05) is 13.8 Å². The Kier molecular flexibility index (Phi) is 3.32. The fraction of sp³-hybridized carbons (Fsp3) is 1.00. The fourth-order valence-corrected chi connectivity index (χ4v) is 7.40. The summed E-state index contributed by atoms with van der Waals surface area (Å²) in [6.07, 6.45) is 10.6. The lowest BCUT2D eigenvalue weighted by Crippen LogP contribution is -2.55. The minimum Gasteiger partial charge on any atom is -0.393 e. The molecule has 0 aromatic heterocycles. The molecular weight excluding hydrogens is 272 g/mol. The highest BCUT2D eigenvalue weighted by Gasteiger charge is 2.60. The largest absolute Gasteiger partial charge is 0.393 e. The summed E-state index contributed by atoms with van der Waals surface area (Å²) < 4.78 is 0. The fourth-order valence-electron chi connectivity index (χ4n) is 7.40. The van der Waals surface area contributed by atoms with Gasteiger partial charge in [0.15, 0.2) is 0 Å². The van der Waals surface area contributed by atoms with Gasteiger partial charge in [-0.25, -0.2) is 0 Å². The number of fused-ring (bicyclic) bond motifs is 5. The van der Waals surface area contributed by atoms with Crippen molar-refractivity contribution in [2.75, 3.05) is 0 Å². The zero-order valence-corrected chi connectivity index (χ0v) is 14.6. The number of hydrogen-bond acceptors (Lipinski definition) is 2. The van der Waals surface area contributed by atoms with Crippen LogP contribution in [0.2, 0.25) is 0 Å². The first-order valence-corrected chi connectivity index (χ1v) is 9.67. The lowest BCUT2D eigenvalue weighted by Gasteiger charge is -2.61. The molecule has 8 atom stereocenters. The lowest BCUT2D eigenvalue weighted by molar-refractivity contribution is -0.150. The molecule has 4 aliphatic carbocycles. The molecule has 4 fully saturated rings. The van der Waals surface area contributed by atoms with Gasteiger partial charge >= 0.3 is 0 Å². The second-order valence-electron chi connectivity index (χ2n) is 10.00. The second-order valence-corrected chi connectivity index (χ2v) is 10.00. The Morgan fingerprint density at radius 1 is 0.773 bits per heavy atom. The molecule has 126 valence electrons. The zero-order valence-electron chi connectivity index (χ0n) is 14.6. The van der Waals surface area contributed by atoms with Gasteiger partial charge in [-0.15, -0.1) is 0 Å². The van der Waals surface area contributed by atoms with Gasteiger partial charge in [-0.3, -0.25) is 0 Å². The first kappa shape index (κ1) is 15.4. The summed E-state index contributed by atoms with van der Waals surface area (Å²) in [5, 5.41) is 21.0. The van der Waals surface area contributed by atoms with Crippen LogP contribution in [-0.2, 0) is 0 Å². The Morgan fingerprint density at radius 3 is 2.27 bits per heavy atom. The predicted molar refractivity (Wildman–Crippen MR) is 88.4 cm³/mol. The molecular formula is C20H34O2. The Balaban J connectivity index is 1.62. The first-order chi connectivity index (χ1) is 10.3. The molecule has 4 aliphatic rings. The van der Waals surface area contributed by atoms with Crippen molar-refractivity contribution in [3.63, 3.8) is 0 Å². The van der Waals surface area contributed by atoms with Crippen LogP contribution in [0.25, 0.3) is 0 Å². The summed E-state index contributed by atoms with van der Waals surface area (Å²) in [7, 11) is 0. The topological polar surface area (TPSA) is 40.5 Å². The molecule has 0 amide bonds. The van der Waals surface area contributed by atoms with Gasteiger partial charge in [0.1, 0.15) is 0 Å². The van der Waals surface area contributed by atoms with Crippen LogP contribution in [0.4, 0.5) is 0 Å². The van der Waals surface area contributed by atoms with Gasteiger partial charge in [0.25, 0.3) is 0 Å². The van der Waals surface area contributed by atoms with Crippen molar-refractivity contribution in [2.45, 2.75) is 90.3 Å². The van der Waals surface area contributed by atoms with Crippen molar-refractivity contribution in [3.05, 3.63) is 0 Å². The van der Waals surface area contributed by atoms with E-state index in [1.54, 1.807) is 0 Å². The molecule has 22 heavy (non-hydrogen) atoms. The summed E-state index contributed by atoms with van der Waals surface area (Å²) in [5.41, 5.74) is 0.217. The molecule has 0 radical (unpaired) electrons. The van der Waals surface area contributed by atoms with E-state index in [4.69, 9.17) is 0 Å². The van der Waals surface area contributed by atoms with E-state index in [0.29, 0.717) is 11.3 Å². The molecule has 4 rings (SSSR count). The average Bonchev–Trinajstić information content (AvgIpc) is 2.76. The summed E-state index contributed by atoms with van der Waals surface area (Å²) in [4.78, 5) is 0. The summed E-state index contributed by atoms with van der Waals surface area (Å²) in [6.45, 7) is 6.95. The van der Waals surface area contributed by atoms with Crippen molar-refractivity contribution in [3.8, 4) is 0 Å². The maximum absolute atomic E-state index is 10.5. The Morgan fingerprint density at radius 2 is 1.50 bits per heavy atom. The summed E-state index contributed by atoms with van der Waals surface area (Å²) >= 11 is 0. The molecule has 0 aliphatic heterocycles. The number of aliphatic hydroxyl groups excluding tert-OH is 1. The molecule has 0 spiro atoms. The van der Waals surface area contributed by atoms with E-state index in [2.05, 4.69) is 13.8 Å². The van der Waals surface area contributed by atoms with Gasteiger partial charge in [0.2, 0.25) is 0 Å². The van der Waals surface area contributed by atoms with E-state index < -0.39 is 5.60 Å².